The number of quaternary nitrogens is 1. The predicted molar refractivity (Wildman–Crippen MR) is 104 cm³/mol. The fourth-order valence-electron chi connectivity index (χ4n) is 2.84. The molecule has 0 spiro atoms. The van der Waals surface area contributed by atoms with Crippen LogP contribution >= 0.6 is 0 Å². The summed E-state index contributed by atoms with van der Waals surface area (Å²) in [6.45, 7) is 5.26. The van der Waals surface area contributed by atoms with Gasteiger partial charge in [-0.15, -0.1) is 0 Å². The Balaban J connectivity index is 3.00. The van der Waals surface area contributed by atoms with Crippen molar-refractivity contribution in [1.29, 1.82) is 0 Å². The molecule has 0 saturated heterocycles. The molecule has 0 atom stereocenters. The van der Waals surface area contributed by atoms with Crippen molar-refractivity contribution in [2.45, 2.75) is 96.8 Å². The average molecular weight is 329 g/mol. The van der Waals surface area contributed by atoms with Gasteiger partial charge in [0.1, 0.15) is 6.54 Å². The van der Waals surface area contributed by atoms with E-state index in [1.54, 1.807) is 0 Å². The second-order valence-corrected chi connectivity index (χ2v) is 8.22. The molecule has 0 bridgehead atoms. The van der Waals surface area contributed by atoms with Crippen LogP contribution < -0.4 is 0 Å². The third-order valence-corrected chi connectivity index (χ3v) is 4.55. The van der Waals surface area contributed by atoms with Gasteiger partial charge in [-0.25, -0.2) is 0 Å². The summed E-state index contributed by atoms with van der Waals surface area (Å²) in [6.07, 6.45) is 19.9. The number of unbranched alkanes of at least 4 members (excludes halogenated alkanes) is 13. The molecule has 0 aromatic rings. The van der Waals surface area contributed by atoms with Crippen molar-refractivity contribution in [3.63, 3.8) is 0 Å². The first-order chi connectivity index (χ1) is 11.1. The Labute approximate surface area is 147 Å². The Kier molecular flexibility index (Phi) is 16.7. The molecule has 0 N–H and O–H groups in total. The van der Waals surface area contributed by atoms with Gasteiger partial charge in [-0.3, -0.25) is 0 Å². The van der Waals surface area contributed by atoms with E-state index in [4.69, 9.17) is 4.74 Å². The van der Waals surface area contributed by atoms with Crippen LogP contribution in [0.3, 0.4) is 0 Å². The highest BCUT2D eigenvalue weighted by molar-refractivity contribution is 4.49. The van der Waals surface area contributed by atoms with E-state index in [0.717, 1.165) is 24.2 Å². The summed E-state index contributed by atoms with van der Waals surface area (Å²) < 4.78 is 6.70. The molecule has 0 aliphatic rings. The van der Waals surface area contributed by atoms with E-state index < -0.39 is 0 Å². The Bertz CT molecular complexity index is 222. The molecule has 0 amide bonds. The van der Waals surface area contributed by atoms with Crippen molar-refractivity contribution in [3.05, 3.63) is 0 Å². The SMILES string of the molecule is CCCCCCCCCCCCCCCCOCC[N+](C)(C)C. The number of hydrogen-bond donors (Lipinski definition) is 0. The molecule has 2 nitrogen and oxygen atoms in total. The lowest BCUT2D eigenvalue weighted by Crippen LogP contribution is -2.37. The maximum Gasteiger partial charge on any atom is 0.102 e. The third-order valence-electron chi connectivity index (χ3n) is 4.55. The monoisotopic (exact) mass is 328 g/mol. The molecule has 140 valence electrons. The normalized spacial score (nSPS) is 12.0. The first kappa shape index (κ1) is 22.9. The predicted octanol–water partition coefficient (Wildman–Crippen LogP) is 6.19. The van der Waals surface area contributed by atoms with Crippen LogP contribution in [0, 0.1) is 0 Å². The summed E-state index contributed by atoms with van der Waals surface area (Å²) in [5.41, 5.74) is 0. The minimum Gasteiger partial charge on any atom is -0.376 e. The molecule has 0 aromatic carbocycles. The van der Waals surface area contributed by atoms with Crippen LogP contribution in [-0.4, -0.2) is 45.4 Å². The summed E-state index contributed by atoms with van der Waals surface area (Å²) >= 11 is 0. The van der Waals surface area contributed by atoms with Crippen molar-refractivity contribution >= 4 is 0 Å². The van der Waals surface area contributed by atoms with Crippen molar-refractivity contribution in [2.75, 3.05) is 40.9 Å². The summed E-state index contributed by atoms with van der Waals surface area (Å²) in [7, 11) is 6.65. The molecule has 0 aliphatic heterocycles. The van der Waals surface area contributed by atoms with Gasteiger partial charge in [-0.1, -0.05) is 90.4 Å². The topological polar surface area (TPSA) is 9.23 Å². The van der Waals surface area contributed by atoms with E-state index in [1.807, 2.05) is 0 Å². The van der Waals surface area contributed by atoms with Crippen LogP contribution in [0.4, 0.5) is 0 Å². The number of rotatable bonds is 18. The first-order valence-electron chi connectivity index (χ1n) is 10.4. The molecule has 23 heavy (non-hydrogen) atoms. The van der Waals surface area contributed by atoms with Gasteiger partial charge < -0.3 is 9.22 Å². The van der Waals surface area contributed by atoms with Crippen LogP contribution in [0.1, 0.15) is 96.8 Å². The molecular weight excluding hydrogens is 282 g/mol. The second-order valence-electron chi connectivity index (χ2n) is 8.22. The van der Waals surface area contributed by atoms with Crippen LogP contribution in [0.5, 0.6) is 0 Å². The summed E-state index contributed by atoms with van der Waals surface area (Å²) in [4.78, 5) is 0. The van der Waals surface area contributed by atoms with Gasteiger partial charge in [0, 0.05) is 6.61 Å². The first-order valence-corrected chi connectivity index (χ1v) is 10.4. The molecule has 2 heteroatoms. The highest BCUT2D eigenvalue weighted by atomic mass is 16.5. The number of hydrogen-bond acceptors (Lipinski definition) is 1. The quantitative estimate of drug-likeness (QED) is 0.215. The lowest BCUT2D eigenvalue weighted by Gasteiger charge is -2.23. The van der Waals surface area contributed by atoms with E-state index in [9.17, 15) is 0 Å². The summed E-state index contributed by atoms with van der Waals surface area (Å²) in [6, 6.07) is 0. The lowest BCUT2D eigenvalue weighted by molar-refractivity contribution is -0.870. The zero-order valence-corrected chi connectivity index (χ0v) is 16.9. The summed E-state index contributed by atoms with van der Waals surface area (Å²) in [5, 5.41) is 0. The summed E-state index contributed by atoms with van der Waals surface area (Å²) in [5.74, 6) is 0. The van der Waals surface area contributed by atoms with Gasteiger partial charge in [0.2, 0.25) is 0 Å². The van der Waals surface area contributed by atoms with E-state index in [1.165, 1.54) is 89.9 Å². The zero-order valence-electron chi connectivity index (χ0n) is 16.9. The molecule has 0 aromatic heterocycles. The number of ether oxygens (including phenoxy) is 1. The minimum atomic E-state index is 0.905. The van der Waals surface area contributed by atoms with Crippen molar-refractivity contribution in [1.82, 2.24) is 0 Å². The lowest BCUT2D eigenvalue weighted by atomic mass is 10.0. The molecule has 0 fully saturated rings. The molecule has 0 aliphatic carbocycles. The molecule has 0 radical (unpaired) electrons. The van der Waals surface area contributed by atoms with Gasteiger partial charge in [-0.2, -0.15) is 0 Å². The molecular formula is C21H46NO+. The number of likely N-dealkylation sites (N-methyl/N-ethyl adjacent to an activating group) is 1. The van der Waals surface area contributed by atoms with Crippen molar-refractivity contribution in [3.8, 4) is 0 Å². The average Bonchev–Trinajstić information content (AvgIpc) is 2.49. The van der Waals surface area contributed by atoms with Gasteiger partial charge in [0.25, 0.3) is 0 Å². The maximum absolute atomic E-state index is 5.70. The fourth-order valence-corrected chi connectivity index (χ4v) is 2.84. The Hall–Kier alpha value is -0.0800. The molecule has 0 saturated carbocycles. The fraction of sp³-hybridized carbons (Fsp3) is 1.00. The van der Waals surface area contributed by atoms with E-state index in [-0.39, 0.29) is 0 Å². The largest absolute Gasteiger partial charge is 0.376 e. The van der Waals surface area contributed by atoms with Crippen molar-refractivity contribution in [2.24, 2.45) is 0 Å². The zero-order chi connectivity index (χ0) is 17.2. The molecule has 0 unspecified atom stereocenters. The second kappa shape index (κ2) is 16.8. The van der Waals surface area contributed by atoms with Gasteiger partial charge in [0.05, 0.1) is 27.7 Å². The smallest absolute Gasteiger partial charge is 0.102 e. The van der Waals surface area contributed by atoms with Gasteiger partial charge in [-0.05, 0) is 6.42 Å². The number of nitrogens with zero attached hydrogens (tertiary/aromatic N) is 1. The Morgan fingerprint density at radius 3 is 1.30 bits per heavy atom. The van der Waals surface area contributed by atoms with Crippen LogP contribution in [0.15, 0.2) is 0 Å². The molecule has 0 rings (SSSR count). The third kappa shape index (κ3) is 21.9. The van der Waals surface area contributed by atoms with Crippen LogP contribution in [-0.2, 0) is 4.74 Å². The van der Waals surface area contributed by atoms with Gasteiger partial charge >= 0.3 is 0 Å². The standard InChI is InChI=1S/C21H46NO/c1-5-6-7-8-9-10-11-12-13-14-15-16-17-18-20-23-21-19-22(2,3)4/h5-21H2,1-4H3/q+1. The van der Waals surface area contributed by atoms with E-state index >= 15 is 0 Å². The van der Waals surface area contributed by atoms with E-state index in [2.05, 4.69) is 28.1 Å². The Morgan fingerprint density at radius 2 is 0.913 bits per heavy atom. The van der Waals surface area contributed by atoms with Crippen LogP contribution in [0.2, 0.25) is 0 Å². The van der Waals surface area contributed by atoms with Gasteiger partial charge in [0.15, 0.2) is 0 Å². The highest BCUT2D eigenvalue weighted by Crippen LogP contribution is 2.12. The van der Waals surface area contributed by atoms with Crippen molar-refractivity contribution < 1.29 is 9.22 Å². The Morgan fingerprint density at radius 1 is 0.522 bits per heavy atom. The van der Waals surface area contributed by atoms with E-state index in [0.29, 0.717) is 0 Å². The maximum atomic E-state index is 5.70. The highest BCUT2D eigenvalue weighted by Gasteiger charge is 2.05. The van der Waals surface area contributed by atoms with Crippen LogP contribution in [0.25, 0.3) is 0 Å². The minimum absolute atomic E-state index is 0.905. The molecule has 0 heterocycles.